The number of hydrogen-bond donors (Lipinski definition) is 2. The minimum Gasteiger partial charge on any atom is -0.497 e. The second-order valence-electron chi connectivity index (χ2n) is 8.14. The van der Waals surface area contributed by atoms with Gasteiger partial charge < -0.3 is 19.7 Å². The number of aromatic amines is 1. The number of likely N-dealkylation sites (tertiary alicyclic amines) is 1. The molecular weight excluding hydrogens is 356 g/mol. The van der Waals surface area contributed by atoms with Gasteiger partial charge in [-0.15, -0.1) is 0 Å². The Bertz CT molecular complexity index is 859. The number of carbonyl (C=O) groups excluding carboxylic acids is 1. The van der Waals surface area contributed by atoms with Gasteiger partial charge in [0.15, 0.2) is 0 Å². The highest BCUT2D eigenvalue weighted by molar-refractivity contribution is 5.85. The zero-order valence-electron chi connectivity index (χ0n) is 16.3. The van der Waals surface area contributed by atoms with Crippen LogP contribution in [-0.4, -0.2) is 47.1 Å². The standard InChI is InChI=1S/C22H28N2O4/c1-28-17-6-7-20-18(12-17)19(13-23-20)14-8-10-24(11-9-14)21(25)15-2-4-16(5-3-15)22(26)27/h6-7,12-16,23H,2-5,8-11H2,1H3,(H,26,27). The van der Waals surface area contributed by atoms with Crippen LogP contribution in [0.3, 0.4) is 0 Å². The molecule has 6 nitrogen and oxygen atoms in total. The normalized spacial score (nSPS) is 23.7. The van der Waals surface area contributed by atoms with Crippen molar-refractivity contribution in [1.29, 1.82) is 0 Å². The predicted molar refractivity (Wildman–Crippen MR) is 106 cm³/mol. The van der Waals surface area contributed by atoms with E-state index in [2.05, 4.69) is 17.2 Å². The smallest absolute Gasteiger partial charge is 0.306 e. The average molecular weight is 384 g/mol. The quantitative estimate of drug-likeness (QED) is 0.840. The zero-order valence-corrected chi connectivity index (χ0v) is 16.3. The summed E-state index contributed by atoms with van der Waals surface area (Å²) in [5.74, 6) is 0.536. The summed E-state index contributed by atoms with van der Waals surface area (Å²) in [4.78, 5) is 29.3. The van der Waals surface area contributed by atoms with E-state index in [1.54, 1.807) is 7.11 Å². The molecule has 1 saturated heterocycles. The summed E-state index contributed by atoms with van der Waals surface area (Å²) in [7, 11) is 1.68. The lowest BCUT2D eigenvalue weighted by molar-refractivity contribution is -0.146. The Morgan fingerprint density at radius 1 is 1.07 bits per heavy atom. The first-order valence-electron chi connectivity index (χ1n) is 10.2. The van der Waals surface area contributed by atoms with Gasteiger partial charge in [-0.1, -0.05) is 0 Å². The third-order valence-corrected chi connectivity index (χ3v) is 6.59. The highest BCUT2D eigenvalue weighted by Crippen LogP contribution is 2.36. The Labute approximate surface area is 164 Å². The molecule has 28 heavy (non-hydrogen) atoms. The van der Waals surface area contributed by atoms with Crippen molar-refractivity contribution in [2.24, 2.45) is 11.8 Å². The molecule has 2 aromatic rings. The second-order valence-corrected chi connectivity index (χ2v) is 8.14. The largest absolute Gasteiger partial charge is 0.497 e. The lowest BCUT2D eigenvalue weighted by Gasteiger charge is -2.36. The number of ether oxygens (including phenoxy) is 1. The third kappa shape index (κ3) is 3.60. The van der Waals surface area contributed by atoms with E-state index in [0.717, 1.165) is 37.2 Å². The number of aromatic nitrogens is 1. The Kier molecular flexibility index (Phi) is 5.29. The number of methoxy groups -OCH3 is 1. The van der Waals surface area contributed by atoms with E-state index >= 15 is 0 Å². The maximum atomic E-state index is 12.9. The van der Waals surface area contributed by atoms with Crippen LogP contribution in [0.2, 0.25) is 0 Å². The van der Waals surface area contributed by atoms with Crippen LogP contribution in [0.5, 0.6) is 5.75 Å². The zero-order chi connectivity index (χ0) is 19.7. The number of amides is 1. The summed E-state index contributed by atoms with van der Waals surface area (Å²) in [6, 6.07) is 6.09. The summed E-state index contributed by atoms with van der Waals surface area (Å²) in [6.45, 7) is 1.55. The number of hydrogen-bond acceptors (Lipinski definition) is 3. The monoisotopic (exact) mass is 384 g/mol. The molecule has 0 radical (unpaired) electrons. The molecule has 2 heterocycles. The van der Waals surface area contributed by atoms with E-state index in [0.29, 0.717) is 31.6 Å². The van der Waals surface area contributed by atoms with E-state index in [1.807, 2.05) is 17.0 Å². The molecule has 1 saturated carbocycles. The minimum absolute atomic E-state index is 0.00417. The fraction of sp³-hybridized carbons (Fsp3) is 0.545. The minimum atomic E-state index is -0.720. The van der Waals surface area contributed by atoms with Crippen LogP contribution in [0.15, 0.2) is 24.4 Å². The molecule has 0 bridgehead atoms. The molecule has 1 aromatic heterocycles. The second kappa shape index (κ2) is 7.86. The maximum absolute atomic E-state index is 12.9. The first kappa shape index (κ1) is 18.8. The van der Waals surface area contributed by atoms with Crippen molar-refractivity contribution in [2.45, 2.75) is 44.4 Å². The lowest BCUT2D eigenvalue weighted by atomic mass is 9.81. The molecule has 1 amide bonds. The Balaban J connectivity index is 1.37. The van der Waals surface area contributed by atoms with E-state index < -0.39 is 5.97 Å². The van der Waals surface area contributed by atoms with Gasteiger partial charge in [-0.3, -0.25) is 9.59 Å². The van der Waals surface area contributed by atoms with Crippen molar-refractivity contribution in [2.75, 3.05) is 20.2 Å². The van der Waals surface area contributed by atoms with E-state index in [-0.39, 0.29) is 17.7 Å². The van der Waals surface area contributed by atoms with Crippen molar-refractivity contribution in [3.63, 3.8) is 0 Å². The molecule has 0 atom stereocenters. The van der Waals surface area contributed by atoms with Gasteiger partial charge in [0.1, 0.15) is 5.75 Å². The number of benzene rings is 1. The van der Waals surface area contributed by atoms with E-state index in [4.69, 9.17) is 9.84 Å². The number of carboxylic acids is 1. The molecule has 150 valence electrons. The Morgan fingerprint density at radius 3 is 2.39 bits per heavy atom. The number of carbonyl (C=O) groups is 2. The first-order valence-corrected chi connectivity index (χ1v) is 10.2. The lowest BCUT2D eigenvalue weighted by Crippen LogP contribution is -2.42. The number of rotatable bonds is 4. The topological polar surface area (TPSA) is 82.6 Å². The van der Waals surface area contributed by atoms with Gasteiger partial charge in [0, 0.05) is 36.1 Å². The van der Waals surface area contributed by atoms with Crippen LogP contribution < -0.4 is 4.74 Å². The Morgan fingerprint density at radius 2 is 1.75 bits per heavy atom. The van der Waals surface area contributed by atoms with Gasteiger partial charge in [-0.05, 0) is 68.2 Å². The van der Waals surface area contributed by atoms with Gasteiger partial charge in [0.25, 0.3) is 0 Å². The molecule has 6 heteroatoms. The fourth-order valence-corrected chi connectivity index (χ4v) is 4.84. The van der Waals surface area contributed by atoms with Gasteiger partial charge in [-0.25, -0.2) is 0 Å². The highest BCUT2D eigenvalue weighted by Gasteiger charge is 2.34. The predicted octanol–water partition coefficient (Wildman–Crippen LogP) is 3.77. The summed E-state index contributed by atoms with van der Waals surface area (Å²) < 4.78 is 5.37. The van der Waals surface area contributed by atoms with Gasteiger partial charge in [0.05, 0.1) is 13.0 Å². The molecule has 2 N–H and O–H groups in total. The van der Waals surface area contributed by atoms with Gasteiger partial charge in [0.2, 0.25) is 5.91 Å². The van der Waals surface area contributed by atoms with Crippen molar-refractivity contribution in [1.82, 2.24) is 9.88 Å². The molecule has 1 aromatic carbocycles. The first-order chi connectivity index (χ1) is 13.6. The molecule has 1 aliphatic carbocycles. The van der Waals surface area contributed by atoms with Gasteiger partial charge >= 0.3 is 5.97 Å². The van der Waals surface area contributed by atoms with Crippen LogP contribution in [0.25, 0.3) is 10.9 Å². The molecule has 4 rings (SSSR count). The fourth-order valence-electron chi connectivity index (χ4n) is 4.84. The number of carboxylic acid groups (broad SMARTS) is 1. The highest BCUT2D eigenvalue weighted by atomic mass is 16.5. The number of fused-ring (bicyclic) bond motifs is 1. The van der Waals surface area contributed by atoms with E-state index in [1.165, 1.54) is 10.9 Å². The van der Waals surface area contributed by atoms with E-state index in [9.17, 15) is 9.59 Å². The maximum Gasteiger partial charge on any atom is 0.306 e. The number of H-pyrrole nitrogens is 1. The molecule has 0 unspecified atom stereocenters. The number of aliphatic carboxylic acids is 1. The molecule has 0 spiro atoms. The molecule has 2 fully saturated rings. The SMILES string of the molecule is COc1ccc2[nH]cc(C3CCN(C(=O)C4CCC(C(=O)O)CC4)CC3)c2c1. The van der Waals surface area contributed by atoms with Crippen molar-refractivity contribution >= 4 is 22.8 Å². The van der Waals surface area contributed by atoms with Crippen LogP contribution >= 0.6 is 0 Å². The molecule has 1 aliphatic heterocycles. The van der Waals surface area contributed by atoms with Crippen molar-refractivity contribution in [3.8, 4) is 5.75 Å². The van der Waals surface area contributed by atoms with Crippen LogP contribution in [0.1, 0.15) is 50.0 Å². The summed E-state index contributed by atoms with van der Waals surface area (Å²) in [6.07, 6.45) is 6.68. The molecule has 2 aliphatic rings. The number of piperidine rings is 1. The van der Waals surface area contributed by atoms with Crippen molar-refractivity contribution in [3.05, 3.63) is 30.0 Å². The third-order valence-electron chi connectivity index (χ3n) is 6.59. The van der Waals surface area contributed by atoms with Crippen LogP contribution in [-0.2, 0) is 9.59 Å². The Hall–Kier alpha value is -2.50. The van der Waals surface area contributed by atoms with Gasteiger partial charge in [-0.2, -0.15) is 0 Å². The number of nitrogens with zero attached hydrogens (tertiary/aromatic N) is 1. The molecular formula is C22H28N2O4. The number of nitrogens with one attached hydrogen (secondary N) is 1. The average Bonchev–Trinajstić information content (AvgIpc) is 3.16. The summed E-state index contributed by atoms with van der Waals surface area (Å²) >= 11 is 0. The summed E-state index contributed by atoms with van der Waals surface area (Å²) in [5, 5.41) is 10.3. The summed E-state index contributed by atoms with van der Waals surface area (Å²) in [5.41, 5.74) is 2.42. The van der Waals surface area contributed by atoms with Crippen molar-refractivity contribution < 1.29 is 19.4 Å². The van der Waals surface area contributed by atoms with Crippen LogP contribution in [0.4, 0.5) is 0 Å². The van der Waals surface area contributed by atoms with Crippen LogP contribution in [0, 0.1) is 11.8 Å².